The van der Waals surface area contributed by atoms with E-state index in [4.69, 9.17) is 11.6 Å². The molecule has 1 N–H and O–H groups in total. The molecule has 0 amide bonds. The van der Waals surface area contributed by atoms with E-state index in [-0.39, 0.29) is 5.41 Å². The third-order valence-corrected chi connectivity index (χ3v) is 4.96. The zero-order valence-electron chi connectivity index (χ0n) is 10.9. The van der Waals surface area contributed by atoms with Gasteiger partial charge in [-0.1, -0.05) is 48.9 Å². The van der Waals surface area contributed by atoms with Gasteiger partial charge in [0.1, 0.15) is 0 Å². The summed E-state index contributed by atoms with van der Waals surface area (Å²) in [6.45, 7) is 3.26. The summed E-state index contributed by atoms with van der Waals surface area (Å²) in [6, 6.07) is 6.68. The van der Waals surface area contributed by atoms with Crippen LogP contribution < -0.4 is 5.32 Å². The van der Waals surface area contributed by atoms with Crippen molar-refractivity contribution in [3.8, 4) is 0 Å². The Hall–Kier alpha value is -1.47. The molecule has 3 unspecified atom stereocenters. The van der Waals surface area contributed by atoms with E-state index in [9.17, 15) is 0 Å². The number of benzene rings is 1. The number of hydrogen-bond donors (Lipinski definition) is 1. The van der Waals surface area contributed by atoms with Crippen LogP contribution >= 0.6 is 11.6 Å². The largest absolute Gasteiger partial charge is 0.384 e. The second-order valence-corrected chi connectivity index (χ2v) is 6.44. The normalized spacial score (nSPS) is 34.1. The Labute approximate surface area is 118 Å². The van der Waals surface area contributed by atoms with Gasteiger partial charge in [0.15, 0.2) is 0 Å². The number of fused-ring (bicyclic) bond motifs is 1. The van der Waals surface area contributed by atoms with E-state index >= 15 is 0 Å². The van der Waals surface area contributed by atoms with E-state index in [1.807, 2.05) is 6.08 Å². The molecule has 1 nitrogen and oxygen atoms in total. The van der Waals surface area contributed by atoms with Crippen LogP contribution in [-0.2, 0) is 0 Å². The molecule has 19 heavy (non-hydrogen) atoms. The van der Waals surface area contributed by atoms with Gasteiger partial charge in [0.25, 0.3) is 0 Å². The van der Waals surface area contributed by atoms with Crippen molar-refractivity contribution in [3.63, 3.8) is 0 Å². The standard InChI is InChI=1S/C17H16ClN/c1-17-7-6-11-2-4-13(19-10-17)9-15(11)14-5-3-12(18)8-16(14)17/h2-9,14,16,19H,10H2,1H3. The van der Waals surface area contributed by atoms with Crippen molar-refractivity contribution < 1.29 is 0 Å². The highest BCUT2D eigenvalue weighted by atomic mass is 35.5. The predicted octanol–water partition coefficient (Wildman–Crippen LogP) is 4.54. The van der Waals surface area contributed by atoms with Crippen molar-refractivity contribution in [1.82, 2.24) is 0 Å². The molecule has 96 valence electrons. The smallest absolute Gasteiger partial charge is 0.0366 e. The number of nitrogens with one attached hydrogen (secondary N) is 1. The third-order valence-electron chi connectivity index (χ3n) is 4.71. The van der Waals surface area contributed by atoms with Crippen LogP contribution in [0.3, 0.4) is 0 Å². The molecule has 1 heterocycles. The van der Waals surface area contributed by atoms with Crippen molar-refractivity contribution in [2.75, 3.05) is 11.9 Å². The lowest BCUT2D eigenvalue weighted by atomic mass is 9.67. The molecule has 1 aliphatic heterocycles. The average Bonchev–Trinajstić information content (AvgIpc) is 2.48. The Morgan fingerprint density at radius 3 is 3.11 bits per heavy atom. The lowest BCUT2D eigenvalue weighted by Crippen LogP contribution is -2.36. The van der Waals surface area contributed by atoms with Crippen molar-refractivity contribution in [2.24, 2.45) is 11.3 Å². The topological polar surface area (TPSA) is 12.0 Å². The summed E-state index contributed by atoms with van der Waals surface area (Å²) in [5.74, 6) is 0.852. The third kappa shape index (κ3) is 1.61. The molecule has 3 atom stereocenters. The second-order valence-electron chi connectivity index (χ2n) is 6.00. The van der Waals surface area contributed by atoms with Crippen molar-refractivity contribution in [1.29, 1.82) is 0 Å². The first-order valence-electron chi connectivity index (χ1n) is 6.78. The molecule has 3 aliphatic rings. The average molecular weight is 270 g/mol. The molecule has 0 aromatic heterocycles. The molecule has 3 bridgehead atoms. The maximum Gasteiger partial charge on any atom is 0.0366 e. The quantitative estimate of drug-likeness (QED) is 0.729. The number of anilines is 1. The Kier molecular flexibility index (Phi) is 2.25. The number of halogens is 1. The van der Waals surface area contributed by atoms with Gasteiger partial charge < -0.3 is 5.32 Å². The SMILES string of the molecule is CC12C=Cc3ccc(cc3C3C=CC(Cl)=CC31)NC2. The highest BCUT2D eigenvalue weighted by Gasteiger charge is 2.40. The molecule has 1 aromatic rings. The van der Waals surface area contributed by atoms with Crippen LogP contribution in [0.25, 0.3) is 6.08 Å². The van der Waals surface area contributed by atoms with Crippen LogP contribution in [0.1, 0.15) is 24.0 Å². The molecule has 0 saturated carbocycles. The summed E-state index contributed by atoms with van der Waals surface area (Å²) in [7, 11) is 0. The number of rotatable bonds is 0. The first-order chi connectivity index (χ1) is 9.16. The molecule has 0 fully saturated rings. The van der Waals surface area contributed by atoms with Gasteiger partial charge in [-0.2, -0.15) is 0 Å². The van der Waals surface area contributed by atoms with E-state index < -0.39 is 0 Å². The van der Waals surface area contributed by atoms with Crippen LogP contribution in [0.4, 0.5) is 5.69 Å². The van der Waals surface area contributed by atoms with Gasteiger partial charge in [0.2, 0.25) is 0 Å². The molecule has 0 saturated heterocycles. The highest BCUT2D eigenvalue weighted by Crippen LogP contribution is 2.49. The first-order valence-corrected chi connectivity index (χ1v) is 7.16. The van der Waals surface area contributed by atoms with E-state index in [2.05, 4.69) is 54.7 Å². The predicted molar refractivity (Wildman–Crippen MR) is 81.4 cm³/mol. The highest BCUT2D eigenvalue weighted by molar-refractivity contribution is 6.31. The molecule has 0 radical (unpaired) electrons. The number of hydrogen-bond acceptors (Lipinski definition) is 1. The Morgan fingerprint density at radius 2 is 2.21 bits per heavy atom. The zero-order valence-corrected chi connectivity index (χ0v) is 11.6. The maximum absolute atomic E-state index is 6.25. The monoisotopic (exact) mass is 269 g/mol. The van der Waals surface area contributed by atoms with E-state index in [0.717, 1.165) is 11.6 Å². The summed E-state index contributed by atoms with van der Waals surface area (Å²) >= 11 is 6.25. The van der Waals surface area contributed by atoms with Crippen molar-refractivity contribution in [2.45, 2.75) is 12.8 Å². The van der Waals surface area contributed by atoms with Gasteiger partial charge in [-0.05, 0) is 35.3 Å². The molecular weight excluding hydrogens is 254 g/mol. The van der Waals surface area contributed by atoms with E-state index in [1.165, 1.54) is 16.8 Å². The molecular formula is C17H16ClN. The van der Waals surface area contributed by atoms with Gasteiger partial charge in [0.05, 0.1) is 0 Å². The number of allylic oxidation sites excluding steroid dienone is 4. The summed E-state index contributed by atoms with van der Waals surface area (Å²) in [5, 5.41) is 4.42. The maximum atomic E-state index is 6.25. The molecule has 4 rings (SSSR count). The van der Waals surface area contributed by atoms with E-state index in [0.29, 0.717) is 11.8 Å². The van der Waals surface area contributed by atoms with Crippen LogP contribution in [0, 0.1) is 11.3 Å². The Balaban J connectivity index is 2.01. The second kappa shape index (κ2) is 3.77. The fourth-order valence-corrected chi connectivity index (χ4v) is 3.74. The van der Waals surface area contributed by atoms with Crippen LogP contribution in [0.2, 0.25) is 0 Å². The van der Waals surface area contributed by atoms with Crippen LogP contribution in [0.15, 0.2) is 47.5 Å². The first kappa shape index (κ1) is 11.4. The Morgan fingerprint density at radius 1 is 1.32 bits per heavy atom. The fourth-order valence-electron chi connectivity index (χ4n) is 3.53. The molecule has 2 heteroatoms. The fraction of sp³-hybridized carbons (Fsp3) is 0.294. The molecule has 2 aliphatic carbocycles. The van der Waals surface area contributed by atoms with Crippen molar-refractivity contribution in [3.05, 3.63) is 58.7 Å². The van der Waals surface area contributed by atoms with Crippen molar-refractivity contribution >= 4 is 23.4 Å². The van der Waals surface area contributed by atoms with Gasteiger partial charge in [-0.25, -0.2) is 0 Å². The summed E-state index contributed by atoms with van der Waals surface area (Å²) in [5.41, 5.74) is 4.06. The van der Waals surface area contributed by atoms with Crippen LogP contribution in [0.5, 0.6) is 0 Å². The van der Waals surface area contributed by atoms with Crippen LogP contribution in [-0.4, -0.2) is 6.54 Å². The van der Waals surface area contributed by atoms with Gasteiger partial charge in [-0.3, -0.25) is 0 Å². The van der Waals surface area contributed by atoms with E-state index in [1.54, 1.807) is 0 Å². The minimum Gasteiger partial charge on any atom is -0.384 e. The minimum absolute atomic E-state index is 0.0914. The summed E-state index contributed by atoms with van der Waals surface area (Å²) in [4.78, 5) is 0. The zero-order chi connectivity index (χ0) is 13.0. The summed E-state index contributed by atoms with van der Waals surface area (Å²) < 4.78 is 0. The lowest BCUT2D eigenvalue weighted by molar-refractivity contribution is 0.303. The molecule has 1 aromatic carbocycles. The molecule has 0 spiro atoms. The minimum atomic E-state index is 0.0914. The lowest BCUT2D eigenvalue weighted by Gasteiger charge is -2.40. The Bertz CT molecular complexity index is 641. The summed E-state index contributed by atoms with van der Waals surface area (Å²) in [6.07, 6.45) is 11.2. The van der Waals surface area contributed by atoms with Gasteiger partial charge in [-0.15, -0.1) is 0 Å². The van der Waals surface area contributed by atoms with Gasteiger partial charge in [0, 0.05) is 28.6 Å². The van der Waals surface area contributed by atoms with Gasteiger partial charge >= 0.3 is 0 Å².